The summed E-state index contributed by atoms with van der Waals surface area (Å²) in [6.45, 7) is 5.95. The topological polar surface area (TPSA) is 49.4 Å². The molecular weight excluding hydrogens is 228 g/mol. The van der Waals surface area contributed by atoms with Gasteiger partial charge in [-0.2, -0.15) is 0 Å². The highest BCUT2D eigenvalue weighted by Crippen LogP contribution is 2.12. The van der Waals surface area contributed by atoms with Gasteiger partial charge in [0, 0.05) is 36.8 Å². The molecule has 2 rings (SSSR count). The summed E-state index contributed by atoms with van der Waals surface area (Å²) in [6, 6.07) is 7.09. The minimum absolute atomic E-state index is 0.0181. The van der Waals surface area contributed by atoms with Crippen molar-refractivity contribution in [3.63, 3.8) is 0 Å². The molecule has 1 aromatic carbocycles. The Hall–Kier alpha value is -1.68. The van der Waals surface area contributed by atoms with Gasteiger partial charge in [-0.1, -0.05) is 12.1 Å². The van der Waals surface area contributed by atoms with Gasteiger partial charge >= 0.3 is 0 Å². The summed E-state index contributed by atoms with van der Waals surface area (Å²) < 4.78 is 0. The Labute approximate surface area is 107 Å². The van der Waals surface area contributed by atoms with Crippen molar-refractivity contribution in [1.82, 2.24) is 10.2 Å². The van der Waals surface area contributed by atoms with Crippen molar-refractivity contribution in [3.8, 4) is 0 Å². The lowest BCUT2D eigenvalue weighted by atomic mass is 10.1. The third kappa shape index (κ3) is 2.59. The molecule has 1 saturated heterocycles. The average molecular weight is 246 g/mol. The number of carbonyl (C=O) groups excluding carboxylic acids is 2. The fourth-order valence-corrected chi connectivity index (χ4v) is 2.16. The van der Waals surface area contributed by atoms with E-state index in [-0.39, 0.29) is 17.7 Å². The lowest BCUT2D eigenvalue weighted by Gasteiger charge is -2.34. The SMILES string of the molecule is CC(=O)c1ccc(C(=O)N2CCNCC2C)cc1. The summed E-state index contributed by atoms with van der Waals surface area (Å²) in [6.07, 6.45) is 0. The number of carbonyl (C=O) groups is 2. The zero-order chi connectivity index (χ0) is 13.1. The third-order valence-corrected chi connectivity index (χ3v) is 3.30. The number of nitrogens with one attached hydrogen (secondary N) is 1. The molecule has 1 aliphatic heterocycles. The fourth-order valence-electron chi connectivity index (χ4n) is 2.16. The smallest absolute Gasteiger partial charge is 0.254 e. The van der Waals surface area contributed by atoms with Gasteiger partial charge in [0.2, 0.25) is 0 Å². The van der Waals surface area contributed by atoms with Crippen molar-refractivity contribution >= 4 is 11.7 Å². The van der Waals surface area contributed by atoms with Crippen LogP contribution in [-0.2, 0) is 0 Å². The maximum atomic E-state index is 12.3. The number of piperazine rings is 1. The van der Waals surface area contributed by atoms with E-state index in [9.17, 15) is 9.59 Å². The molecule has 0 saturated carbocycles. The molecule has 18 heavy (non-hydrogen) atoms. The molecule has 0 spiro atoms. The van der Waals surface area contributed by atoms with E-state index >= 15 is 0 Å². The molecule has 1 N–H and O–H groups in total. The van der Waals surface area contributed by atoms with Crippen LogP contribution in [0.1, 0.15) is 34.6 Å². The Balaban J connectivity index is 2.15. The summed E-state index contributed by atoms with van der Waals surface area (Å²) >= 11 is 0. The normalized spacial score (nSPS) is 19.7. The maximum Gasteiger partial charge on any atom is 0.254 e. The van der Waals surface area contributed by atoms with Gasteiger partial charge in [0.1, 0.15) is 0 Å². The number of hydrogen-bond acceptors (Lipinski definition) is 3. The van der Waals surface area contributed by atoms with Crippen LogP contribution >= 0.6 is 0 Å². The second-order valence-corrected chi connectivity index (χ2v) is 4.69. The predicted octanol–water partition coefficient (Wildman–Crippen LogP) is 1.32. The Morgan fingerprint density at radius 3 is 2.39 bits per heavy atom. The number of ketones is 1. The summed E-state index contributed by atoms with van der Waals surface area (Å²) in [4.78, 5) is 25.4. The minimum Gasteiger partial charge on any atom is -0.333 e. The monoisotopic (exact) mass is 246 g/mol. The van der Waals surface area contributed by atoms with Gasteiger partial charge < -0.3 is 10.2 Å². The van der Waals surface area contributed by atoms with E-state index in [4.69, 9.17) is 0 Å². The molecular formula is C14H18N2O2. The zero-order valence-corrected chi connectivity index (χ0v) is 10.8. The van der Waals surface area contributed by atoms with E-state index < -0.39 is 0 Å². The van der Waals surface area contributed by atoms with Gasteiger partial charge in [-0.3, -0.25) is 9.59 Å². The van der Waals surface area contributed by atoms with Crippen molar-refractivity contribution in [2.75, 3.05) is 19.6 Å². The Kier molecular flexibility index (Phi) is 3.77. The molecule has 1 heterocycles. The van der Waals surface area contributed by atoms with Crippen LogP contribution in [0.15, 0.2) is 24.3 Å². The van der Waals surface area contributed by atoms with Gasteiger partial charge in [-0.25, -0.2) is 0 Å². The van der Waals surface area contributed by atoms with Gasteiger partial charge in [-0.05, 0) is 26.0 Å². The zero-order valence-electron chi connectivity index (χ0n) is 10.8. The first kappa shape index (κ1) is 12.8. The van der Waals surface area contributed by atoms with Crippen LogP contribution in [-0.4, -0.2) is 42.3 Å². The fraction of sp³-hybridized carbons (Fsp3) is 0.429. The van der Waals surface area contributed by atoms with Gasteiger partial charge in [0.25, 0.3) is 5.91 Å². The molecule has 96 valence electrons. The van der Waals surface area contributed by atoms with E-state index in [1.54, 1.807) is 24.3 Å². The summed E-state index contributed by atoms with van der Waals surface area (Å²) in [5, 5.41) is 3.26. The number of Topliss-reactive ketones (excluding diaryl/α,β-unsaturated/α-hetero) is 1. The first-order valence-electron chi connectivity index (χ1n) is 6.22. The van der Waals surface area contributed by atoms with Crippen LogP contribution < -0.4 is 5.32 Å². The van der Waals surface area contributed by atoms with E-state index in [0.29, 0.717) is 11.1 Å². The first-order chi connectivity index (χ1) is 8.59. The Morgan fingerprint density at radius 1 is 1.22 bits per heavy atom. The lowest BCUT2D eigenvalue weighted by Crippen LogP contribution is -2.52. The average Bonchev–Trinajstić information content (AvgIpc) is 2.38. The molecule has 1 aromatic rings. The summed E-state index contributed by atoms with van der Waals surface area (Å²) in [5.41, 5.74) is 1.29. The number of nitrogens with zero attached hydrogens (tertiary/aromatic N) is 1. The van der Waals surface area contributed by atoms with Crippen LogP contribution in [0.5, 0.6) is 0 Å². The molecule has 0 radical (unpaired) electrons. The summed E-state index contributed by atoms with van der Waals surface area (Å²) in [7, 11) is 0. The van der Waals surface area contributed by atoms with Crippen molar-refractivity contribution in [1.29, 1.82) is 0 Å². The number of rotatable bonds is 2. The molecule has 1 atom stereocenters. The van der Waals surface area contributed by atoms with Gasteiger partial charge in [0.15, 0.2) is 5.78 Å². The van der Waals surface area contributed by atoms with Crippen LogP contribution in [0, 0.1) is 0 Å². The molecule has 0 bridgehead atoms. The van der Waals surface area contributed by atoms with Gasteiger partial charge in [0.05, 0.1) is 0 Å². The van der Waals surface area contributed by atoms with Crippen LogP contribution in [0.2, 0.25) is 0 Å². The van der Waals surface area contributed by atoms with E-state index in [0.717, 1.165) is 19.6 Å². The minimum atomic E-state index is 0.0181. The quantitative estimate of drug-likeness (QED) is 0.801. The van der Waals surface area contributed by atoms with Crippen molar-refractivity contribution in [2.24, 2.45) is 0 Å². The molecule has 4 nitrogen and oxygen atoms in total. The Morgan fingerprint density at radius 2 is 1.83 bits per heavy atom. The first-order valence-corrected chi connectivity index (χ1v) is 6.22. The predicted molar refractivity (Wildman–Crippen MR) is 69.8 cm³/mol. The highest BCUT2D eigenvalue weighted by molar-refractivity contribution is 5.97. The molecule has 1 amide bonds. The van der Waals surface area contributed by atoms with E-state index in [2.05, 4.69) is 5.32 Å². The van der Waals surface area contributed by atoms with Crippen LogP contribution in [0.4, 0.5) is 0 Å². The standard InChI is InChI=1S/C14H18N2O2/c1-10-9-15-7-8-16(10)14(18)13-5-3-12(4-6-13)11(2)17/h3-6,10,15H,7-9H2,1-2H3. The number of benzene rings is 1. The third-order valence-electron chi connectivity index (χ3n) is 3.30. The highest BCUT2D eigenvalue weighted by atomic mass is 16.2. The largest absolute Gasteiger partial charge is 0.333 e. The van der Waals surface area contributed by atoms with E-state index in [1.165, 1.54) is 6.92 Å². The molecule has 1 aliphatic rings. The second kappa shape index (κ2) is 5.31. The molecule has 0 aromatic heterocycles. The van der Waals surface area contributed by atoms with Crippen molar-refractivity contribution < 1.29 is 9.59 Å². The summed E-state index contributed by atoms with van der Waals surface area (Å²) in [5.74, 6) is 0.0589. The highest BCUT2D eigenvalue weighted by Gasteiger charge is 2.23. The Bertz CT molecular complexity index is 453. The maximum absolute atomic E-state index is 12.3. The lowest BCUT2D eigenvalue weighted by molar-refractivity contribution is 0.0655. The molecule has 1 fully saturated rings. The number of hydrogen-bond donors (Lipinski definition) is 1. The van der Waals surface area contributed by atoms with Crippen molar-refractivity contribution in [2.45, 2.75) is 19.9 Å². The van der Waals surface area contributed by atoms with E-state index in [1.807, 2.05) is 11.8 Å². The van der Waals surface area contributed by atoms with Crippen LogP contribution in [0.25, 0.3) is 0 Å². The van der Waals surface area contributed by atoms with Crippen molar-refractivity contribution in [3.05, 3.63) is 35.4 Å². The second-order valence-electron chi connectivity index (χ2n) is 4.69. The molecule has 0 aliphatic carbocycles. The number of amides is 1. The van der Waals surface area contributed by atoms with Gasteiger partial charge in [-0.15, -0.1) is 0 Å². The van der Waals surface area contributed by atoms with Crippen LogP contribution in [0.3, 0.4) is 0 Å². The molecule has 1 unspecified atom stereocenters. The molecule has 4 heteroatoms.